The Labute approximate surface area is 523 Å². The summed E-state index contributed by atoms with van der Waals surface area (Å²) in [4.78, 5) is 22.2. The van der Waals surface area contributed by atoms with Gasteiger partial charge in [0.2, 0.25) is 17.4 Å². The van der Waals surface area contributed by atoms with Crippen LogP contribution in [0.5, 0.6) is 0 Å². The second-order valence-corrected chi connectivity index (χ2v) is 22.9. The van der Waals surface area contributed by atoms with Crippen molar-refractivity contribution in [2.24, 2.45) is 0 Å². The molecule has 0 amide bonds. The molecule has 0 aliphatic carbocycles. The number of fused-ring (bicyclic) bond motifs is 26. The van der Waals surface area contributed by atoms with Crippen LogP contribution in [-0.2, 0) is 0 Å². The molecule has 0 radical (unpaired) electrons. The molecule has 20 aromatic rings. The van der Waals surface area contributed by atoms with Crippen LogP contribution in [0.1, 0.15) is 13.7 Å². The number of halogens is 1. The van der Waals surface area contributed by atoms with Gasteiger partial charge in [-0.25, -0.2) is 15.0 Å². The average molecular weight is 1180 g/mol. The van der Waals surface area contributed by atoms with E-state index < -0.39 is 36.3 Å². The zero-order valence-electron chi connectivity index (χ0n) is 55.3. The topological polar surface area (TPSA) is 98.6 Å². The van der Waals surface area contributed by atoms with Crippen molar-refractivity contribution in [1.29, 1.82) is 0 Å². The zero-order chi connectivity index (χ0) is 65.1. The standard InChI is InChI=1S/C38H21N3OS.C22H13NS.C16H10N2O.ClH/c1-2-12-22(13-3-1)34-32-26-17-7-10-20-29(26)42-37(32)40-38(39-34)41-28-19-9-6-16-25(28)31-23-14-4-5-15-24(23)36-33(35(31)41)27-18-8-11-21-30(27)43-36;1-2-8-14-13(7-1)19-15-9-3-5-11-17(15)23-21(19)20-16-10-4-6-12-18(16)24-22(14)20;1-2-6-11(7-3-1)15-14-12-8-4-5-9-13(12)19-16(14)18-10-17-15;/h1-21H;1-12,23H;1-10H;1H/i1D,2D,3D,12D,13D;;1D,2D,3D,6D,7D;. The van der Waals surface area contributed by atoms with Gasteiger partial charge in [0.15, 0.2) is 0 Å². The van der Waals surface area contributed by atoms with Crippen molar-refractivity contribution in [2.75, 3.05) is 0 Å². The van der Waals surface area contributed by atoms with E-state index in [1.807, 2.05) is 76.6 Å². The molecule has 0 spiro atoms. The Morgan fingerprint density at radius 3 is 1.53 bits per heavy atom. The van der Waals surface area contributed by atoms with E-state index in [4.69, 9.17) is 32.5 Å². The molecule has 0 saturated heterocycles. The number of nitrogens with zero attached hydrogens (tertiary/aromatic N) is 5. The minimum atomic E-state index is -0.461. The second kappa shape index (κ2) is 20.2. The molecule has 8 heterocycles. The van der Waals surface area contributed by atoms with Gasteiger partial charge in [0.25, 0.3) is 0 Å². The van der Waals surface area contributed by atoms with Crippen molar-refractivity contribution in [2.45, 2.75) is 0 Å². The molecule has 0 bridgehead atoms. The number of furan rings is 2. The molecule has 11 heteroatoms. The molecule has 87 heavy (non-hydrogen) atoms. The number of rotatable bonds is 3. The van der Waals surface area contributed by atoms with Crippen LogP contribution in [-0.4, -0.2) is 29.5 Å². The molecule has 0 atom stereocenters. The van der Waals surface area contributed by atoms with Gasteiger partial charge in [-0.3, -0.25) is 4.57 Å². The monoisotopic (exact) mass is 1180 g/mol. The first-order valence-corrected chi connectivity index (χ1v) is 29.4. The molecular formula is C76H45ClN6O2S2. The highest BCUT2D eigenvalue weighted by Gasteiger charge is 2.26. The highest BCUT2D eigenvalue weighted by atomic mass is 35.5. The maximum atomic E-state index is 8.92. The molecule has 0 unspecified atom stereocenters. The number of aromatic amines is 1. The maximum absolute atomic E-state index is 8.92. The lowest BCUT2D eigenvalue weighted by molar-refractivity contribution is 0.651. The van der Waals surface area contributed by atoms with Crippen LogP contribution >= 0.6 is 35.1 Å². The number of para-hydroxylation sites is 4. The summed E-state index contributed by atoms with van der Waals surface area (Å²) >= 11 is 3.65. The van der Waals surface area contributed by atoms with Gasteiger partial charge in [0.1, 0.15) is 17.5 Å². The van der Waals surface area contributed by atoms with Crippen LogP contribution in [0.25, 0.3) is 178 Å². The van der Waals surface area contributed by atoms with E-state index >= 15 is 0 Å². The molecule has 8 aromatic heterocycles. The Morgan fingerprint density at radius 2 is 0.874 bits per heavy atom. The first-order chi connectivity index (χ1) is 46.8. The Bertz CT molecular complexity index is 6720. The van der Waals surface area contributed by atoms with Crippen molar-refractivity contribution in [3.05, 3.63) is 261 Å². The molecule has 0 aliphatic heterocycles. The highest BCUT2D eigenvalue weighted by molar-refractivity contribution is 7.27. The number of thiophene rings is 2. The summed E-state index contributed by atoms with van der Waals surface area (Å²) in [5.74, 6) is 0.279. The number of hydrogen-bond donors (Lipinski definition) is 1. The molecule has 410 valence electrons. The second-order valence-electron chi connectivity index (χ2n) is 20.8. The molecule has 8 nitrogen and oxygen atoms in total. The van der Waals surface area contributed by atoms with E-state index in [-0.39, 0.29) is 70.8 Å². The highest BCUT2D eigenvalue weighted by Crippen LogP contribution is 2.49. The van der Waals surface area contributed by atoms with Crippen LogP contribution < -0.4 is 0 Å². The summed E-state index contributed by atoms with van der Waals surface area (Å²) in [6.07, 6.45) is 1.26. The van der Waals surface area contributed by atoms with Crippen molar-refractivity contribution in [1.82, 2.24) is 29.5 Å². The lowest BCUT2D eigenvalue weighted by Gasteiger charge is -2.11. The maximum Gasteiger partial charge on any atom is 0.238 e. The number of H-pyrrole nitrogens is 1. The fraction of sp³-hybridized carbons (Fsp3) is 0. The Hall–Kier alpha value is -10.8. The molecule has 1 N–H and O–H groups in total. The van der Waals surface area contributed by atoms with Gasteiger partial charge in [-0.2, -0.15) is 4.98 Å². The predicted molar refractivity (Wildman–Crippen MR) is 368 cm³/mol. The smallest absolute Gasteiger partial charge is 0.238 e. The summed E-state index contributed by atoms with van der Waals surface area (Å²) < 4.78 is 102. The Morgan fingerprint density at radius 1 is 0.391 bits per heavy atom. The minimum Gasteiger partial charge on any atom is -0.438 e. The third-order valence-electron chi connectivity index (χ3n) is 16.2. The Balaban J connectivity index is 0.000000121. The molecular weight excluding hydrogens is 1130 g/mol. The minimum absolute atomic E-state index is 0. The van der Waals surface area contributed by atoms with Crippen LogP contribution in [0.2, 0.25) is 0 Å². The first kappa shape index (κ1) is 41.3. The van der Waals surface area contributed by atoms with Crippen LogP contribution in [0.4, 0.5) is 0 Å². The lowest BCUT2D eigenvalue weighted by Crippen LogP contribution is -2.03. The zero-order valence-corrected chi connectivity index (χ0v) is 47.8. The molecule has 0 fully saturated rings. The number of hydrogen-bond acceptors (Lipinski definition) is 8. The van der Waals surface area contributed by atoms with E-state index in [9.17, 15) is 0 Å². The molecule has 20 rings (SSSR count). The van der Waals surface area contributed by atoms with Crippen LogP contribution in [0.3, 0.4) is 0 Å². The third kappa shape index (κ3) is 7.82. The Kier molecular flexibility index (Phi) is 9.60. The van der Waals surface area contributed by atoms with E-state index in [1.165, 1.54) is 59.1 Å². The van der Waals surface area contributed by atoms with E-state index in [1.54, 1.807) is 17.4 Å². The summed E-state index contributed by atoms with van der Waals surface area (Å²) in [5.41, 5.74) is 6.55. The van der Waals surface area contributed by atoms with Crippen molar-refractivity contribution in [3.63, 3.8) is 0 Å². The van der Waals surface area contributed by atoms with Gasteiger partial charge in [-0.05, 0) is 47.2 Å². The fourth-order valence-corrected chi connectivity index (χ4v) is 15.2. The lowest BCUT2D eigenvalue weighted by atomic mass is 10.00. The van der Waals surface area contributed by atoms with Gasteiger partial charge >= 0.3 is 0 Å². The van der Waals surface area contributed by atoms with Gasteiger partial charge in [-0.15, -0.1) is 35.1 Å². The van der Waals surface area contributed by atoms with Crippen molar-refractivity contribution >= 4 is 185 Å². The van der Waals surface area contributed by atoms with E-state index in [2.05, 4.69) is 142 Å². The van der Waals surface area contributed by atoms with Gasteiger partial charge < -0.3 is 13.8 Å². The summed E-state index contributed by atoms with van der Waals surface area (Å²) in [5, 5.41) is 17.1. The van der Waals surface area contributed by atoms with Crippen molar-refractivity contribution < 1.29 is 22.5 Å². The summed E-state index contributed by atoms with van der Waals surface area (Å²) in [6.45, 7) is 0. The van der Waals surface area contributed by atoms with Gasteiger partial charge in [0.05, 0.1) is 52.4 Å². The number of aromatic nitrogens is 6. The fourth-order valence-electron chi connectivity index (χ4n) is 12.7. The number of benzene rings is 12. The summed E-state index contributed by atoms with van der Waals surface area (Å²) in [7, 11) is 0. The predicted octanol–water partition coefficient (Wildman–Crippen LogP) is 22.0. The van der Waals surface area contributed by atoms with Crippen molar-refractivity contribution in [3.8, 4) is 28.5 Å². The molecule has 0 saturated carbocycles. The summed E-state index contributed by atoms with van der Waals surface area (Å²) in [6, 6.07) is 62.0. The van der Waals surface area contributed by atoms with Crippen LogP contribution in [0.15, 0.2) is 270 Å². The van der Waals surface area contributed by atoms with Crippen LogP contribution in [0, 0.1) is 0 Å². The van der Waals surface area contributed by atoms with E-state index in [0.29, 0.717) is 33.0 Å². The van der Waals surface area contributed by atoms with Gasteiger partial charge in [-0.1, -0.05) is 218 Å². The first-order valence-electron chi connectivity index (χ1n) is 32.8. The number of nitrogens with one attached hydrogen (secondary N) is 1. The molecule has 12 aromatic carbocycles. The SMILES string of the molecule is Cl.[2H]c1c([2H])c([2H])c(-c2nc(-n3c4ccccc4c4c5ccccc5c5sc6ccccc6c5c43)nc3oc4ccccc4c23)c([2H])c1[2H].[2H]c1c([2H])c([2H])c(-c2ncnc3oc4ccccc4c23)c([2H])c1[2H].c1ccc2c(c1)[nH]c1c2c2ccccc2c2sc3ccccc3c12. The average Bonchev–Trinajstić information content (AvgIpc) is 1.55. The third-order valence-corrected chi connectivity index (χ3v) is 18.6. The van der Waals surface area contributed by atoms with Gasteiger partial charge in [0, 0.05) is 100 Å². The normalized spacial score (nSPS) is 13.4. The quantitative estimate of drug-likeness (QED) is 0.189. The van der Waals surface area contributed by atoms with E-state index in [0.717, 1.165) is 58.1 Å². The molecule has 0 aliphatic rings. The largest absolute Gasteiger partial charge is 0.438 e.